The van der Waals surface area contributed by atoms with E-state index in [1.165, 1.54) is 10.6 Å². The SMILES string of the molecule is CCCNCc1sc(C(C)(C)OC)nc1CC(C)C. The fourth-order valence-corrected chi connectivity index (χ4v) is 2.93. The Kier molecular flexibility index (Phi) is 6.43. The highest BCUT2D eigenvalue weighted by Crippen LogP contribution is 2.31. The fraction of sp³-hybridized carbons (Fsp3) is 0.800. The topological polar surface area (TPSA) is 34.1 Å². The molecule has 0 aliphatic carbocycles. The number of methoxy groups -OCH3 is 1. The Morgan fingerprint density at radius 2 is 2.05 bits per heavy atom. The summed E-state index contributed by atoms with van der Waals surface area (Å²) in [5.41, 5.74) is 0.947. The van der Waals surface area contributed by atoms with E-state index in [1.54, 1.807) is 18.4 Å². The van der Waals surface area contributed by atoms with Crippen LogP contribution in [-0.4, -0.2) is 18.6 Å². The van der Waals surface area contributed by atoms with Crippen LogP contribution < -0.4 is 5.32 Å². The van der Waals surface area contributed by atoms with Crippen LogP contribution in [0.1, 0.15) is 56.6 Å². The second-order valence-corrected chi connectivity index (χ2v) is 6.96. The van der Waals surface area contributed by atoms with Crippen LogP contribution in [0.25, 0.3) is 0 Å². The molecule has 19 heavy (non-hydrogen) atoms. The Morgan fingerprint density at radius 1 is 1.37 bits per heavy atom. The molecule has 0 saturated carbocycles. The molecule has 1 heterocycles. The highest BCUT2D eigenvalue weighted by molar-refractivity contribution is 7.11. The van der Waals surface area contributed by atoms with Crippen molar-refractivity contribution in [1.82, 2.24) is 10.3 Å². The van der Waals surface area contributed by atoms with Gasteiger partial charge >= 0.3 is 0 Å². The third-order valence-electron chi connectivity index (χ3n) is 3.12. The van der Waals surface area contributed by atoms with E-state index >= 15 is 0 Å². The molecule has 0 amide bonds. The Hall–Kier alpha value is -0.450. The predicted molar refractivity (Wildman–Crippen MR) is 82.7 cm³/mol. The van der Waals surface area contributed by atoms with Gasteiger partial charge < -0.3 is 10.1 Å². The molecule has 0 aliphatic heterocycles. The molecule has 1 rings (SSSR count). The first kappa shape index (κ1) is 16.6. The molecule has 0 saturated heterocycles. The second kappa shape index (κ2) is 7.36. The van der Waals surface area contributed by atoms with Crippen molar-refractivity contribution in [2.45, 2.75) is 59.6 Å². The maximum Gasteiger partial charge on any atom is 0.125 e. The quantitative estimate of drug-likeness (QED) is 0.739. The molecular weight excluding hydrogens is 256 g/mol. The Labute approximate surface area is 121 Å². The summed E-state index contributed by atoms with van der Waals surface area (Å²) in [7, 11) is 1.75. The van der Waals surface area contributed by atoms with Gasteiger partial charge in [0.1, 0.15) is 10.6 Å². The van der Waals surface area contributed by atoms with Gasteiger partial charge in [0.2, 0.25) is 0 Å². The number of ether oxygens (including phenoxy) is 1. The lowest BCUT2D eigenvalue weighted by Crippen LogP contribution is -2.19. The third kappa shape index (κ3) is 4.86. The first-order valence-corrected chi connectivity index (χ1v) is 7.97. The van der Waals surface area contributed by atoms with E-state index in [0.717, 1.165) is 30.9 Å². The Bertz CT molecular complexity index is 385. The molecule has 0 atom stereocenters. The zero-order valence-corrected chi connectivity index (χ0v) is 14.0. The minimum absolute atomic E-state index is 0.292. The van der Waals surface area contributed by atoms with Crippen molar-refractivity contribution in [3.8, 4) is 0 Å². The maximum absolute atomic E-state index is 5.55. The van der Waals surface area contributed by atoms with Gasteiger partial charge in [-0.1, -0.05) is 20.8 Å². The van der Waals surface area contributed by atoms with Crippen LogP contribution in [0.15, 0.2) is 0 Å². The van der Waals surface area contributed by atoms with Crippen LogP contribution in [0.5, 0.6) is 0 Å². The molecule has 1 aromatic heterocycles. The van der Waals surface area contributed by atoms with E-state index in [-0.39, 0.29) is 5.60 Å². The van der Waals surface area contributed by atoms with Gasteiger partial charge in [-0.05, 0) is 39.2 Å². The standard InChI is InChI=1S/C15H28N2OS/c1-7-8-16-10-13-12(9-11(2)3)17-14(19-13)15(4,5)18-6/h11,16H,7-10H2,1-6H3. The molecule has 0 bridgehead atoms. The smallest absolute Gasteiger partial charge is 0.125 e. The number of thiazole rings is 1. The molecular formula is C15H28N2OS. The van der Waals surface area contributed by atoms with Crippen LogP contribution in [0.2, 0.25) is 0 Å². The summed E-state index contributed by atoms with van der Waals surface area (Å²) in [6.07, 6.45) is 2.20. The van der Waals surface area contributed by atoms with E-state index in [9.17, 15) is 0 Å². The third-order valence-corrected chi connectivity index (χ3v) is 4.52. The van der Waals surface area contributed by atoms with Crippen molar-refractivity contribution in [1.29, 1.82) is 0 Å². The average Bonchev–Trinajstić information content (AvgIpc) is 2.73. The van der Waals surface area contributed by atoms with Crippen molar-refractivity contribution >= 4 is 11.3 Å². The van der Waals surface area contributed by atoms with Gasteiger partial charge in [-0.25, -0.2) is 4.98 Å². The van der Waals surface area contributed by atoms with Crippen LogP contribution >= 0.6 is 11.3 Å². The van der Waals surface area contributed by atoms with Gasteiger partial charge in [-0.2, -0.15) is 0 Å². The Balaban J connectivity index is 2.91. The number of aromatic nitrogens is 1. The van der Waals surface area contributed by atoms with Crippen molar-refractivity contribution in [3.05, 3.63) is 15.6 Å². The normalized spacial score (nSPS) is 12.4. The molecule has 0 radical (unpaired) electrons. The minimum atomic E-state index is -0.292. The first-order chi connectivity index (χ1) is 8.90. The molecule has 3 nitrogen and oxygen atoms in total. The lowest BCUT2D eigenvalue weighted by molar-refractivity contribution is 0.0189. The summed E-state index contributed by atoms with van der Waals surface area (Å²) in [4.78, 5) is 6.19. The molecule has 0 aromatic carbocycles. The van der Waals surface area contributed by atoms with E-state index < -0.39 is 0 Å². The van der Waals surface area contributed by atoms with Gasteiger partial charge in [0.25, 0.3) is 0 Å². The summed E-state index contributed by atoms with van der Waals surface area (Å²) < 4.78 is 5.55. The molecule has 0 aliphatic rings. The molecule has 1 N–H and O–H groups in total. The number of nitrogens with one attached hydrogen (secondary N) is 1. The monoisotopic (exact) mass is 284 g/mol. The molecule has 0 spiro atoms. The molecule has 110 valence electrons. The van der Waals surface area contributed by atoms with Crippen LogP contribution in [0.3, 0.4) is 0 Å². The zero-order chi connectivity index (χ0) is 14.5. The minimum Gasteiger partial charge on any atom is -0.372 e. The van der Waals surface area contributed by atoms with Crippen LogP contribution in [-0.2, 0) is 23.3 Å². The van der Waals surface area contributed by atoms with E-state index in [0.29, 0.717) is 5.92 Å². The summed E-state index contributed by atoms with van der Waals surface area (Å²) >= 11 is 1.78. The second-order valence-electron chi connectivity index (χ2n) is 5.88. The highest BCUT2D eigenvalue weighted by Gasteiger charge is 2.25. The van der Waals surface area contributed by atoms with Gasteiger partial charge in [0.15, 0.2) is 0 Å². The molecule has 0 fully saturated rings. The van der Waals surface area contributed by atoms with Crippen LogP contribution in [0, 0.1) is 5.92 Å². The summed E-state index contributed by atoms with van der Waals surface area (Å²) in [5.74, 6) is 0.630. The lowest BCUT2D eigenvalue weighted by Gasteiger charge is -2.19. The molecule has 1 aromatic rings. The number of nitrogens with zero attached hydrogens (tertiary/aromatic N) is 1. The van der Waals surface area contributed by atoms with Crippen molar-refractivity contribution in [2.75, 3.05) is 13.7 Å². The highest BCUT2D eigenvalue weighted by atomic mass is 32.1. The predicted octanol–water partition coefficient (Wildman–Crippen LogP) is 3.72. The lowest BCUT2D eigenvalue weighted by atomic mass is 10.1. The molecule has 0 unspecified atom stereocenters. The maximum atomic E-state index is 5.55. The first-order valence-electron chi connectivity index (χ1n) is 7.15. The number of hydrogen-bond donors (Lipinski definition) is 1. The van der Waals surface area contributed by atoms with E-state index in [1.807, 2.05) is 0 Å². The molecule has 4 heteroatoms. The van der Waals surface area contributed by atoms with Crippen molar-refractivity contribution < 1.29 is 4.74 Å². The van der Waals surface area contributed by atoms with Gasteiger partial charge in [-0.15, -0.1) is 11.3 Å². The van der Waals surface area contributed by atoms with Crippen molar-refractivity contribution in [3.63, 3.8) is 0 Å². The summed E-state index contributed by atoms with van der Waals surface area (Å²) in [6, 6.07) is 0. The largest absolute Gasteiger partial charge is 0.372 e. The zero-order valence-electron chi connectivity index (χ0n) is 13.2. The van der Waals surface area contributed by atoms with Gasteiger partial charge in [-0.3, -0.25) is 0 Å². The van der Waals surface area contributed by atoms with Gasteiger partial charge in [0, 0.05) is 18.5 Å². The number of hydrogen-bond acceptors (Lipinski definition) is 4. The fourth-order valence-electron chi connectivity index (χ4n) is 1.79. The van der Waals surface area contributed by atoms with E-state index in [4.69, 9.17) is 9.72 Å². The summed E-state index contributed by atoms with van der Waals surface area (Å²) in [6.45, 7) is 12.8. The summed E-state index contributed by atoms with van der Waals surface area (Å²) in [5, 5.41) is 4.56. The average molecular weight is 284 g/mol. The number of rotatable bonds is 8. The van der Waals surface area contributed by atoms with Crippen molar-refractivity contribution in [2.24, 2.45) is 5.92 Å². The van der Waals surface area contributed by atoms with Gasteiger partial charge in [0.05, 0.1) is 5.69 Å². The van der Waals surface area contributed by atoms with E-state index in [2.05, 4.69) is 39.9 Å². The Morgan fingerprint density at radius 3 is 2.58 bits per heavy atom. The van der Waals surface area contributed by atoms with Crippen LogP contribution in [0.4, 0.5) is 0 Å².